The van der Waals surface area contributed by atoms with Gasteiger partial charge < -0.3 is 15.0 Å². The second-order valence-electron chi connectivity index (χ2n) is 10.7. The van der Waals surface area contributed by atoms with E-state index in [1.165, 1.54) is 12.0 Å². The molecule has 5 heteroatoms. The van der Waals surface area contributed by atoms with E-state index in [0.29, 0.717) is 48.2 Å². The largest absolute Gasteiger partial charge is 1.00 e. The molecule has 1 N–H and O–H groups in total. The van der Waals surface area contributed by atoms with Gasteiger partial charge in [-0.3, -0.25) is 4.79 Å². The number of aliphatic hydroxyl groups is 1. The van der Waals surface area contributed by atoms with Gasteiger partial charge in [-0.15, -0.1) is 0 Å². The standard InChI is InChI=1S/C23H32O4.K/c1-21-7-3-13(24)11-18(21)14-12-15(14)20-16(21)4-8-22(2)17(20)5-9-23(22,27)10-6-19(25)26;/h11,14-17,20,27H,3-10,12H2,1-2H3,(H,25,26);/q;+1/p-1/t14-,15+,16+,17+,20-,21-,22+,23-;/m1./s1. The molecule has 0 saturated heterocycles. The van der Waals surface area contributed by atoms with Crippen molar-refractivity contribution in [3.05, 3.63) is 11.6 Å². The van der Waals surface area contributed by atoms with Gasteiger partial charge in [0, 0.05) is 12.4 Å². The zero-order valence-corrected chi connectivity index (χ0v) is 20.6. The summed E-state index contributed by atoms with van der Waals surface area (Å²) in [6.45, 7) is 4.63. The van der Waals surface area contributed by atoms with Crippen LogP contribution in [0.4, 0.5) is 0 Å². The minimum absolute atomic E-state index is 0. The summed E-state index contributed by atoms with van der Waals surface area (Å²) in [6.07, 6.45) is 8.93. The number of fused-ring (bicyclic) bond motifs is 8. The smallest absolute Gasteiger partial charge is 0.550 e. The van der Waals surface area contributed by atoms with Crippen LogP contribution < -0.4 is 56.5 Å². The summed E-state index contributed by atoms with van der Waals surface area (Å²) in [4.78, 5) is 23.1. The van der Waals surface area contributed by atoms with Gasteiger partial charge in [0.2, 0.25) is 0 Å². The first kappa shape index (κ1) is 21.7. The van der Waals surface area contributed by atoms with Crippen molar-refractivity contribution in [2.75, 3.05) is 0 Å². The third-order valence-electron chi connectivity index (χ3n) is 9.82. The van der Waals surface area contributed by atoms with Gasteiger partial charge in [0.25, 0.3) is 0 Å². The van der Waals surface area contributed by atoms with E-state index in [-0.39, 0.29) is 68.6 Å². The van der Waals surface area contributed by atoms with Crippen LogP contribution in [0.1, 0.15) is 71.6 Å². The van der Waals surface area contributed by atoms with E-state index < -0.39 is 11.6 Å². The summed E-state index contributed by atoms with van der Waals surface area (Å²) >= 11 is 0. The van der Waals surface area contributed by atoms with Crippen molar-refractivity contribution in [1.29, 1.82) is 0 Å². The van der Waals surface area contributed by atoms with E-state index >= 15 is 0 Å². The minimum atomic E-state index is -1.06. The summed E-state index contributed by atoms with van der Waals surface area (Å²) in [5.74, 6) is 2.23. The molecule has 0 aromatic carbocycles. The third kappa shape index (κ3) is 2.86. The number of allylic oxidation sites excluding steroid dienone is 1. The molecule has 148 valence electrons. The molecular formula is C23H31KO4. The number of aliphatic carboxylic acids is 1. The van der Waals surface area contributed by atoms with Gasteiger partial charge >= 0.3 is 51.4 Å². The van der Waals surface area contributed by atoms with Gasteiger partial charge in [-0.1, -0.05) is 19.4 Å². The number of ketones is 1. The molecule has 5 aliphatic carbocycles. The Morgan fingerprint density at radius 2 is 1.93 bits per heavy atom. The van der Waals surface area contributed by atoms with Gasteiger partial charge in [-0.05, 0) is 97.9 Å². The number of carbonyl (C=O) groups excluding carboxylic acids is 2. The van der Waals surface area contributed by atoms with E-state index in [9.17, 15) is 19.8 Å². The summed E-state index contributed by atoms with van der Waals surface area (Å²) < 4.78 is 0. The van der Waals surface area contributed by atoms with Crippen LogP contribution in [-0.4, -0.2) is 22.5 Å². The van der Waals surface area contributed by atoms with E-state index in [2.05, 4.69) is 13.8 Å². The second-order valence-corrected chi connectivity index (χ2v) is 10.7. The Morgan fingerprint density at radius 3 is 2.64 bits per heavy atom. The van der Waals surface area contributed by atoms with Crippen LogP contribution in [0.15, 0.2) is 11.6 Å². The minimum Gasteiger partial charge on any atom is -0.550 e. The molecule has 0 radical (unpaired) electrons. The molecule has 5 rings (SSSR count). The summed E-state index contributed by atoms with van der Waals surface area (Å²) in [5.41, 5.74) is 0.549. The van der Waals surface area contributed by atoms with Crippen LogP contribution in [0.25, 0.3) is 0 Å². The Kier molecular flexibility index (Phi) is 5.42. The van der Waals surface area contributed by atoms with Crippen molar-refractivity contribution in [1.82, 2.24) is 0 Å². The van der Waals surface area contributed by atoms with Crippen LogP contribution in [0.5, 0.6) is 0 Å². The number of carboxylic acids is 1. The van der Waals surface area contributed by atoms with Crippen LogP contribution in [0.2, 0.25) is 0 Å². The Hall–Kier alpha value is 0.476. The van der Waals surface area contributed by atoms with Crippen molar-refractivity contribution in [2.45, 2.75) is 77.2 Å². The number of hydrogen-bond acceptors (Lipinski definition) is 4. The van der Waals surface area contributed by atoms with Crippen molar-refractivity contribution < 1.29 is 71.2 Å². The molecule has 0 bridgehead atoms. The molecule has 4 saturated carbocycles. The maximum atomic E-state index is 12.1. The normalized spacial score (nSPS) is 51.0. The molecule has 4 nitrogen and oxygen atoms in total. The average Bonchev–Trinajstić information content (AvgIpc) is 3.35. The molecule has 4 fully saturated rings. The molecule has 5 aliphatic rings. The van der Waals surface area contributed by atoms with Crippen molar-refractivity contribution in [2.24, 2.45) is 40.4 Å². The van der Waals surface area contributed by atoms with Crippen molar-refractivity contribution in [3.63, 3.8) is 0 Å². The maximum absolute atomic E-state index is 12.1. The van der Waals surface area contributed by atoms with Gasteiger partial charge in [0.15, 0.2) is 5.78 Å². The SMILES string of the molecule is C[C@]12CCC(=O)C=C1[C@@H]1C[C@@H]1[C@@H]1[C@@H]2CC[C@@]2(C)[C@H]1CC[C@@]2(O)CCC(=O)[O-].[K+]. The summed E-state index contributed by atoms with van der Waals surface area (Å²) in [5, 5.41) is 22.5. The van der Waals surface area contributed by atoms with Gasteiger partial charge in [0.05, 0.1) is 5.60 Å². The first-order valence-corrected chi connectivity index (χ1v) is 10.9. The average molecular weight is 411 g/mol. The first-order valence-electron chi connectivity index (χ1n) is 10.9. The molecule has 0 spiro atoms. The second kappa shape index (κ2) is 6.99. The molecule has 0 heterocycles. The summed E-state index contributed by atoms with van der Waals surface area (Å²) in [6, 6.07) is 0. The number of hydrogen-bond donors (Lipinski definition) is 1. The molecule has 0 amide bonds. The molecule has 0 unspecified atom stereocenters. The fourth-order valence-corrected chi connectivity index (χ4v) is 8.23. The van der Waals surface area contributed by atoms with E-state index in [4.69, 9.17) is 0 Å². The van der Waals surface area contributed by atoms with Gasteiger partial charge in [-0.2, -0.15) is 0 Å². The molecule has 0 aromatic rings. The number of rotatable bonds is 3. The van der Waals surface area contributed by atoms with Crippen molar-refractivity contribution >= 4 is 11.8 Å². The monoisotopic (exact) mass is 410 g/mol. The van der Waals surface area contributed by atoms with Crippen molar-refractivity contribution in [3.8, 4) is 0 Å². The Bertz CT molecular complexity index is 747. The Morgan fingerprint density at radius 1 is 1.21 bits per heavy atom. The fraction of sp³-hybridized carbons (Fsp3) is 0.826. The van der Waals surface area contributed by atoms with Gasteiger partial charge in [0.1, 0.15) is 0 Å². The predicted molar refractivity (Wildman–Crippen MR) is 98.3 cm³/mol. The quantitative estimate of drug-likeness (QED) is 0.645. The van der Waals surface area contributed by atoms with E-state index in [1.807, 2.05) is 6.08 Å². The van der Waals surface area contributed by atoms with E-state index in [1.54, 1.807) is 0 Å². The Balaban J connectivity index is 0.00000192. The molecule has 0 aromatic heterocycles. The molecule has 0 aliphatic heterocycles. The first-order chi connectivity index (χ1) is 12.7. The summed E-state index contributed by atoms with van der Waals surface area (Å²) in [7, 11) is 0. The van der Waals surface area contributed by atoms with Crippen LogP contribution in [0, 0.1) is 40.4 Å². The fourth-order valence-electron chi connectivity index (χ4n) is 8.23. The van der Waals surface area contributed by atoms with E-state index in [0.717, 1.165) is 32.1 Å². The zero-order chi connectivity index (χ0) is 19.2. The number of carbonyl (C=O) groups is 2. The molecule has 8 atom stereocenters. The topological polar surface area (TPSA) is 77.4 Å². The van der Waals surface area contributed by atoms with Crippen LogP contribution >= 0.6 is 0 Å². The Labute approximate surface area is 210 Å². The van der Waals surface area contributed by atoms with Crippen LogP contribution in [0.3, 0.4) is 0 Å². The number of carboxylic acid groups (broad SMARTS) is 1. The van der Waals surface area contributed by atoms with Crippen LogP contribution in [-0.2, 0) is 9.59 Å². The predicted octanol–water partition coefficient (Wildman–Crippen LogP) is -0.361. The molecule has 28 heavy (non-hydrogen) atoms. The van der Waals surface area contributed by atoms with Gasteiger partial charge in [-0.25, -0.2) is 0 Å². The zero-order valence-electron chi connectivity index (χ0n) is 17.5. The maximum Gasteiger partial charge on any atom is 1.00 e. The third-order valence-corrected chi connectivity index (χ3v) is 9.82. The molecular weight excluding hydrogens is 379 g/mol.